The van der Waals surface area contributed by atoms with Crippen molar-refractivity contribution in [2.24, 2.45) is 18.5 Å². The number of nitrogens with two attached hydrogens (primary N) is 2. The first-order valence-electron chi connectivity index (χ1n) is 22.0. The summed E-state index contributed by atoms with van der Waals surface area (Å²) in [5, 5.41) is 2.34. The van der Waals surface area contributed by atoms with E-state index in [4.69, 9.17) is 25.7 Å². The molecule has 0 bridgehead atoms. The Morgan fingerprint density at radius 1 is 0.889 bits per heavy atom. The van der Waals surface area contributed by atoms with Gasteiger partial charge in [-0.25, -0.2) is 4.79 Å². The lowest BCUT2D eigenvalue weighted by Gasteiger charge is -2.40. The molecule has 4 aromatic rings. The van der Waals surface area contributed by atoms with Crippen LogP contribution in [0.1, 0.15) is 85.7 Å². The summed E-state index contributed by atoms with van der Waals surface area (Å²) in [5.41, 5.74) is 19.1. The van der Waals surface area contributed by atoms with Gasteiger partial charge in [0.2, 0.25) is 30.0 Å². The van der Waals surface area contributed by atoms with Crippen molar-refractivity contribution in [1.29, 1.82) is 0 Å². The number of hydrogen-bond donors (Lipinski definition) is 3. The summed E-state index contributed by atoms with van der Waals surface area (Å²) in [4.78, 5) is 78.8. The molecule has 3 aliphatic heterocycles. The molecule has 1 fully saturated rings. The van der Waals surface area contributed by atoms with E-state index in [1.165, 1.54) is 10.1 Å². The van der Waals surface area contributed by atoms with Crippen LogP contribution >= 0.6 is 0 Å². The summed E-state index contributed by atoms with van der Waals surface area (Å²) in [6.07, 6.45) is 5.46. The second kappa shape index (κ2) is 20.7. The fraction of sp³-hybridized carbons (Fsp3) is 0.489. The number of carbonyl (C=O) groups excluding carboxylic acids is 5. The molecule has 5 amide bonds. The van der Waals surface area contributed by atoms with E-state index in [2.05, 4.69) is 17.4 Å². The Morgan fingerprint density at radius 3 is 2.27 bits per heavy atom. The molecule has 1 aromatic heterocycles. The number of amides is 5. The van der Waals surface area contributed by atoms with Crippen LogP contribution in [0.3, 0.4) is 0 Å². The van der Waals surface area contributed by atoms with E-state index in [0.717, 1.165) is 65.6 Å². The largest absolute Gasteiger partial charge is 0.379 e. The molecule has 7 rings (SSSR count). The number of anilines is 1. The van der Waals surface area contributed by atoms with Gasteiger partial charge >= 0.3 is 5.69 Å². The zero-order valence-corrected chi connectivity index (χ0v) is 36.2. The number of primary amides is 1. The predicted molar refractivity (Wildman–Crippen MR) is 235 cm³/mol. The number of aryl methyl sites for hydroxylation is 4. The van der Waals surface area contributed by atoms with Gasteiger partial charge in [0.15, 0.2) is 0 Å². The van der Waals surface area contributed by atoms with Crippen LogP contribution in [-0.4, -0.2) is 94.9 Å². The van der Waals surface area contributed by atoms with Crippen LogP contribution in [0.15, 0.2) is 65.5 Å². The first-order chi connectivity index (χ1) is 30.4. The summed E-state index contributed by atoms with van der Waals surface area (Å²) < 4.78 is 21.0. The van der Waals surface area contributed by atoms with Gasteiger partial charge in [-0.3, -0.25) is 43.3 Å². The van der Waals surface area contributed by atoms with Gasteiger partial charge < -0.3 is 30.6 Å². The number of imidazole rings is 1. The SMILES string of the molecule is C[C@@H](OCc1ccc(CCCOCCOCCCc2ccc3c(c2)n(C)c(=O)n3C2CCC(=O)NC2=O)cc1)[C@H](CCC(N)=O)N(C=O)[C@@H]1Cc2cccc3c2N1C(=O)[C@@H](N)CC3. The molecule has 5 N–H and O–H groups in total. The van der Waals surface area contributed by atoms with Gasteiger partial charge in [-0.05, 0) is 98.2 Å². The molecule has 1 saturated heterocycles. The highest BCUT2D eigenvalue weighted by molar-refractivity contribution is 6.01. The first kappa shape index (κ1) is 45.3. The lowest BCUT2D eigenvalue weighted by molar-refractivity contribution is -0.136. The van der Waals surface area contributed by atoms with E-state index in [-0.39, 0.29) is 36.8 Å². The van der Waals surface area contributed by atoms with Crippen LogP contribution < -0.4 is 27.4 Å². The lowest BCUT2D eigenvalue weighted by atomic mass is 10.0. The fourth-order valence-corrected chi connectivity index (χ4v) is 9.17. The van der Waals surface area contributed by atoms with E-state index in [0.29, 0.717) is 64.2 Å². The van der Waals surface area contributed by atoms with E-state index in [1.807, 2.05) is 55.5 Å². The number of fused-ring (bicyclic) bond motifs is 1. The van der Waals surface area contributed by atoms with Gasteiger partial charge in [0.05, 0.1) is 54.7 Å². The Morgan fingerprint density at radius 2 is 1.57 bits per heavy atom. The third-order valence-corrected chi connectivity index (χ3v) is 12.6. The number of nitrogens with zero attached hydrogens (tertiary/aromatic N) is 4. The van der Waals surface area contributed by atoms with Crippen molar-refractivity contribution in [2.75, 3.05) is 31.3 Å². The number of nitrogens with one attached hydrogen (secondary N) is 1. The van der Waals surface area contributed by atoms with Crippen molar-refractivity contribution in [2.45, 2.75) is 115 Å². The zero-order valence-electron chi connectivity index (χ0n) is 36.2. The van der Waals surface area contributed by atoms with Crippen molar-refractivity contribution in [3.63, 3.8) is 0 Å². The van der Waals surface area contributed by atoms with Crippen LogP contribution in [-0.2, 0) is 77.5 Å². The molecule has 0 aliphatic carbocycles. The number of benzene rings is 3. The number of hydrogen-bond acceptors (Lipinski definition) is 10. The molecule has 0 saturated carbocycles. The maximum Gasteiger partial charge on any atom is 0.329 e. The molecule has 0 spiro atoms. The molecule has 0 radical (unpaired) electrons. The Hall–Kier alpha value is -5.68. The molecule has 16 heteroatoms. The van der Waals surface area contributed by atoms with Gasteiger partial charge in [-0.15, -0.1) is 0 Å². The zero-order chi connectivity index (χ0) is 44.6. The molecular formula is C47H59N7O9. The van der Waals surface area contributed by atoms with Crippen LogP contribution in [0.2, 0.25) is 0 Å². The summed E-state index contributed by atoms with van der Waals surface area (Å²) in [5.74, 6) is -1.45. The van der Waals surface area contributed by atoms with Crippen LogP contribution in [0.25, 0.3) is 11.0 Å². The molecule has 5 atom stereocenters. The van der Waals surface area contributed by atoms with Crippen molar-refractivity contribution < 1.29 is 38.2 Å². The fourth-order valence-electron chi connectivity index (χ4n) is 9.17. The highest BCUT2D eigenvalue weighted by Crippen LogP contribution is 2.40. The third kappa shape index (κ3) is 10.4. The van der Waals surface area contributed by atoms with E-state index in [1.54, 1.807) is 21.4 Å². The highest BCUT2D eigenvalue weighted by atomic mass is 16.5. The van der Waals surface area contributed by atoms with Gasteiger partial charge in [0, 0.05) is 39.5 Å². The average molecular weight is 866 g/mol. The summed E-state index contributed by atoms with van der Waals surface area (Å²) in [7, 11) is 1.69. The summed E-state index contributed by atoms with van der Waals surface area (Å²) >= 11 is 0. The van der Waals surface area contributed by atoms with E-state index in [9.17, 15) is 28.8 Å². The standard InChI is InChI=1S/C47H59N7O9/c1-30(37(18-20-41(49)56)52(29-55)43-27-35-9-3-8-34-15-16-36(48)46(59)54(43)44(34)35)63-28-33-12-10-31(11-13-33)6-4-22-61-24-25-62-23-5-7-32-14-17-38-40(26-32)51(2)47(60)53(38)39-19-21-42(57)50-45(39)58/h3,8-14,17,26,29-30,36-37,39,43H,4-7,15-16,18-25,27-28,48H2,1-2H3,(H2,49,56)(H,50,57,58)/t30-,36+,37+,39?,43+/m1/s1. The van der Waals surface area contributed by atoms with E-state index < -0.39 is 42.2 Å². The second-order valence-corrected chi connectivity index (χ2v) is 16.9. The van der Waals surface area contributed by atoms with E-state index >= 15 is 0 Å². The number of piperidine rings is 1. The monoisotopic (exact) mass is 865 g/mol. The van der Waals surface area contributed by atoms with Crippen molar-refractivity contribution in [3.05, 3.63) is 99.0 Å². The predicted octanol–water partition coefficient (Wildman–Crippen LogP) is 3.10. The minimum atomic E-state index is -0.705. The highest BCUT2D eigenvalue weighted by Gasteiger charge is 2.44. The molecule has 1 unspecified atom stereocenters. The summed E-state index contributed by atoms with van der Waals surface area (Å²) in [6.45, 7) is 4.33. The van der Waals surface area contributed by atoms with Crippen molar-refractivity contribution in [1.82, 2.24) is 19.4 Å². The van der Waals surface area contributed by atoms with Crippen LogP contribution in [0, 0.1) is 0 Å². The molecule has 336 valence electrons. The van der Waals surface area contributed by atoms with Gasteiger partial charge in [-0.1, -0.05) is 48.5 Å². The Kier molecular flexibility index (Phi) is 14.9. The van der Waals surface area contributed by atoms with Crippen molar-refractivity contribution >= 4 is 46.8 Å². The van der Waals surface area contributed by atoms with Crippen LogP contribution in [0.5, 0.6) is 0 Å². The van der Waals surface area contributed by atoms with Gasteiger partial charge in [0.25, 0.3) is 0 Å². The number of rotatable bonds is 22. The number of para-hydroxylation sites is 1. The number of aromatic nitrogens is 2. The first-order valence-corrected chi connectivity index (χ1v) is 22.0. The average Bonchev–Trinajstić information content (AvgIpc) is 3.73. The maximum atomic E-state index is 13.6. The Balaban J connectivity index is 0.812. The number of ether oxygens (including phenoxy) is 3. The Bertz CT molecular complexity index is 2360. The minimum Gasteiger partial charge on any atom is -0.379 e. The molecule has 63 heavy (non-hydrogen) atoms. The quantitative estimate of drug-likeness (QED) is 0.0597. The second-order valence-electron chi connectivity index (χ2n) is 16.9. The normalized spacial score (nSPS) is 19.4. The molecular weight excluding hydrogens is 807 g/mol. The molecule has 4 heterocycles. The molecule has 3 aliphatic rings. The maximum absolute atomic E-state index is 13.6. The molecule has 16 nitrogen and oxygen atoms in total. The Labute approximate surface area is 366 Å². The molecule has 3 aromatic carbocycles. The summed E-state index contributed by atoms with van der Waals surface area (Å²) in [6, 6.07) is 18.1. The smallest absolute Gasteiger partial charge is 0.329 e. The lowest BCUT2D eigenvalue weighted by Crippen LogP contribution is -2.58. The topological polar surface area (TPSA) is 211 Å². The van der Waals surface area contributed by atoms with Gasteiger partial charge in [-0.2, -0.15) is 0 Å². The number of imide groups is 1. The third-order valence-electron chi connectivity index (χ3n) is 12.6. The minimum absolute atomic E-state index is 0.0604. The van der Waals surface area contributed by atoms with Crippen LogP contribution in [0.4, 0.5) is 5.69 Å². The van der Waals surface area contributed by atoms with Crippen molar-refractivity contribution in [3.8, 4) is 0 Å². The van der Waals surface area contributed by atoms with Gasteiger partial charge in [0.1, 0.15) is 12.2 Å². The number of carbonyl (C=O) groups is 5.